The number of fused-ring (bicyclic) bond motifs is 1. The molecular weight excluding hydrogens is 214 g/mol. The molecule has 0 unspecified atom stereocenters. The van der Waals surface area contributed by atoms with E-state index in [1.54, 1.807) is 0 Å². The zero-order chi connectivity index (χ0) is 11.9. The van der Waals surface area contributed by atoms with Crippen LogP contribution in [0.5, 0.6) is 11.5 Å². The van der Waals surface area contributed by atoms with Crippen LogP contribution in [0.25, 0.3) is 0 Å². The van der Waals surface area contributed by atoms with Crippen molar-refractivity contribution in [3.8, 4) is 23.8 Å². The van der Waals surface area contributed by atoms with Crippen LogP contribution in [0.3, 0.4) is 0 Å². The molecule has 3 nitrogen and oxygen atoms in total. The standard InChI is InChI=1S/C14H17NO2/c1-2-3-8-15-11-12-6-4-7-13-14(12)17-10-5-9-16-13/h1,4,6-7,15H,3,5,8-11H2. The van der Waals surface area contributed by atoms with Gasteiger partial charge in [-0.25, -0.2) is 0 Å². The van der Waals surface area contributed by atoms with Crippen LogP contribution in [0.4, 0.5) is 0 Å². The summed E-state index contributed by atoms with van der Waals surface area (Å²) in [5.74, 6) is 4.33. The Bertz CT molecular complexity index is 409. The Labute approximate surface area is 102 Å². The summed E-state index contributed by atoms with van der Waals surface area (Å²) in [7, 11) is 0. The number of terminal acetylenes is 1. The fourth-order valence-electron chi connectivity index (χ4n) is 1.78. The van der Waals surface area contributed by atoms with Crippen molar-refractivity contribution in [3.05, 3.63) is 23.8 Å². The zero-order valence-corrected chi connectivity index (χ0v) is 9.87. The number of hydrogen-bond acceptors (Lipinski definition) is 3. The first-order chi connectivity index (χ1) is 8.42. The van der Waals surface area contributed by atoms with Crippen molar-refractivity contribution in [3.63, 3.8) is 0 Å². The minimum absolute atomic E-state index is 0.717. The highest BCUT2D eigenvalue weighted by molar-refractivity contribution is 5.47. The average molecular weight is 231 g/mol. The molecule has 0 fully saturated rings. The average Bonchev–Trinajstić information content (AvgIpc) is 2.60. The number of para-hydroxylation sites is 1. The lowest BCUT2D eigenvalue weighted by Crippen LogP contribution is -2.15. The number of hydrogen-bond donors (Lipinski definition) is 1. The molecule has 0 spiro atoms. The Balaban J connectivity index is 2.04. The van der Waals surface area contributed by atoms with Gasteiger partial charge in [0.05, 0.1) is 13.2 Å². The highest BCUT2D eigenvalue weighted by Gasteiger charge is 2.13. The second-order valence-corrected chi connectivity index (χ2v) is 3.93. The minimum atomic E-state index is 0.717. The predicted octanol–water partition coefficient (Wildman–Crippen LogP) is 1.96. The lowest BCUT2D eigenvalue weighted by molar-refractivity contribution is 0.296. The highest BCUT2D eigenvalue weighted by atomic mass is 16.5. The van der Waals surface area contributed by atoms with Crippen LogP contribution in [0.15, 0.2) is 18.2 Å². The van der Waals surface area contributed by atoms with Crippen molar-refractivity contribution in [2.45, 2.75) is 19.4 Å². The molecule has 0 amide bonds. The molecule has 3 heteroatoms. The topological polar surface area (TPSA) is 30.5 Å². The number of nitrogens with one attached hydrogen (secondary N) is 1. The third-order valence-corrected chi connectivity index (χ3v) is 2.61. The molecular formula is C14H17NO2. The first-order valence-corrected chi connectivity index (χ1v) is 5.93. The molecule has 0 aliphatic carbocycles. The molecule has 0 saturated carbocycles. The number of benzene rings is 1. The maximum Gasteiger partial charge on any atom is 0.165 e. The summed E-state index contributed by atoms with van der Waals surface area (Å²) in [4.78, 5) is 0. The summed E-state index contributed by atoms with van der Waals surface area (Å²) in [6, 6.07) is 5.99. The number of rotatable bonds is 4. The first kappa shape index (κ1) is 11.8. The minimum Gasteiger partial charge on any atom is -0.490 e. The molecule has 0 aromatic heterocycles. The van der Waals surface area contributed by atoms with E-state index in [1.807, 2.05) is 12.1 Å². The van der Waals surface area contributed by atoms with Crippen LogP contribution < -0.4 is 14.8 Å². The molecule has 0 saturated heterocycles. The molecule has 90 valence electrons. The number of ether oxygens (including phenoxy) is 2. The lowest BCUT2D eigenvalue weighted by atomic mass is 10.2. The van der Waals surface area contributed by atoms with Crippen LogP contribution >= 0.6 is 0 Å². The second-order valence-electron chi connectivity index (χ2n) is 3.93. The molecule has 1 aliphatic rings. The van der Waals surface area contributed by atoms with Gasteiger partial charge in [0.25, 0.3) is 0 Å². The summed E-state index contributed by atoms with van der Waals surface area (Å²) in [5.41, 5.74) is 1.13. The molecule has 1 aromatic rings. The van der Waals surface area contributed by atoms with Gasteiger partial charge in [-0.2, -0.15) is 0 Å². The summed E-state index contributed by atoms with van der Waals surface area (Å²) in [6.07, 6.45) is 6.88. The molecule has 1 aromatic carbocycles. The monoisotopic (exact) mass is 231 g/mol. The summed E-state index contributed by atoms with van der Waals surface area (Å²) in [6.45, 7) is 3.02. The van der Waals surface area contributed by atoms with Crippen molar-refractivity contribution in [1.82, 2.24) is 5.32 Å². The Morgan fingerprint density at radius 1 is 1.29 bits per heavy atom. The Morgan fingerprint density at radius 3 is 3.06 bits per heavy atom. The third kappa shape index (κ3) is 3.15. The van der Waals surface area contributed by atoms with Crippen LogP contribution in [0.2, 0.25) is 0 Å². The van der Waals surface area contributed by atoms with Gasteiger partial charge in [-0.1, -0.05) is 12.1 Å². The van der Waals surface area contributed by atoms with Crippen LogP contribution in [-0.2, 0) is 6.54 Å². The van der Waals surface area contributed by atoms with Gasteiger partial charge in [0.2, 0.25) is 0 Å². The summed E-state index contributed by atoms with van der Waals surface area (Å²) < 4.78 is 11.4. The highest BCUT2D eigenvalue weighted by Crippen LogP contribution is 2.32. The fourth-order valence-corrected chi connectivity index (χ4v) is 1.78. The molecule has 2 rings (SSSR count). The van der Waals surface area contributed by atoms with Crippen molar-refractivity contribution in [2.75, 3.05) is 19.8 Å². The van der Waals surface area contributed by atoms with Gasteiger partial charge in [-0.15, -0.1) is 12.3 Å². The van der Waals surface area contributed by atoms with Crippen molar-refractivity contribution in [1.29, 1.82) is 0 Å². The molecule has 0 bridgehead atoms. The van der Waals surface area contributed by atoms with E-state index in [0.717, 1.165) is 49.6 Å². The molecule has 17 heavy (non-hydrogen) atoms. The van der Waals surface area contributed by atoms with Crippen molar-refractivity contribution in [2.24, 2.45) is 0 Å². The Morgan fingerprint density at radius 2 is 2.18 bits per heavy atom. The largest absolute Gasteiger partial charge is 0.490 e. The summed E-state index contributed by atoms with van der Waals surface area (Å²) in [5, 5.41) is 3.30. The normalized spacial score (nSPS) is 13.8. The maximum absolute atomic E-state index is 5.73. The fraction of sp³-hybridized carbons (Fsp3) is 0.429. The first-order valence-electron chi connectivity index (χ1n) is 5.93. The van der Waals surface area contributed by atoms with Gasteiger partial charge < -0.3 is 14.8 Å². The van der Waals surface area contributed by atoms with Gasteiger partial charge in [0.1, 0.15) is 0 Å². The maximum atomic E-state index is 5.73. The van der Waals surface area contributed by atoms with E-state index in [9.17, 15) is 0 Å². The predicted molar refractivity (Wildman–Crippen MR) is 67.2 cm³/mol. The van der Waals surface area contributed by atoms with Gasteiger partial charge in [-0.3, -0.25) is 0 Å². The second kappa shape index (κ2) is 6.17. The van der Waals surface area contributed by atoms with Gasteiger partial charge in [-0.05, 0) is 6.07 Å². The Kier molecular flexibility index (Phi) is 4.29. The van der Waals surface area contributed by atoms with E-state index in [1.165, 1.54) is 0 Å². The van der Waals surface area contributed by atoms with Gasteiger partial charge >= 0.3 is 0 Å². The molecule has 0 radical (unpaired) electrons. The van der Waals surface area contributed by atoms with Gasteiger partial charge in [0.15, 0.2) is 11.5 Å². The van der Waals surface area contributed by atoms with Crippen LogP contribution in [0, 0.1) is 12.3 Å². The van der Waals surface area contributed by atoms with E-state index in [2.05, 4.69) is 17.3 Å². The molecule has 1 heterocycles. The molecule has 0 atom stereocenters. The van der Waals surface area contributed by atoms with E-state index in [-0.39, 0.29) is 0 Å². The SMILES string of the molecule is C#CCCNCc1cccc2c1OCCCO2. The van der Waals surface area contributed by atoms with E-state index < -0.39 is 0 Å². The van der Waals surface area contributed by atoms with Crippen LogP contribution in [0.1, 0.15) is 18.4 Å². The molecule has 1 aliphatic heterocycles. The lowest BCUT2D eigenvalue weighted by Gasteiger charge is -2.12. The molecule has 1 N–H and O–H groups in total. The van der Waals surface area contributed by atoms with E-state index >= 15 is 0 Å². The van der Waals surface area contributed by atoms with E-state index in [4.69, 9.17) is 15.9 Å². The van der Waals surface area contributed by atoms with Crippen LogP contribution in [-0.4, -0.2) is 19.8 Å². The van der Waals surface area contributed by atoms with Crippen molar-refractivity contribution < 1.29 is 9.47 Å². The Hall–Kier alpha value is -1.66. The zero-order valence-electron chi connectivity index (χ0n) is 9.87. The van der Waals surface area contributed by atoms with Crippen molar-refractivity contribution >= 4 is 0 Å². The quantitative estimate of drug-likeness (QED) is 0.634. The third-order valence-electron chi connectivity index (χ3n) is 2.61. The summed E-state index contributed by atoms with van der Waals surface area (Å²) >= 11 is 0. The smallest absolute Gasteiger partial charge is 0.165 e. The van der Waals surface area contributed by atoms with E-state index in [0.29, 0.717) is 6.61 Å². The van der Waals surface area contributed by atoms with Gasteiger partial charge in [0, 0.05) is 31.5 Å².